The standard InChI is InChI=1S/C14H12Cl2N2O3S/c1-8-2-4-10(7-12(8)16)18-14(19)9-3-5-11(15)13(6-9)22(17,20)21/h2-7H,1H3,(H,18,19)(H2,17,20,21). The maximum Gasteiger partial charge on any atom is 0.255 e. The quantitative estimate of drug-likeness (QED) is 0.882. The van der Waals surface area contributed by atoms with Crippen molar-refractivity contribution in [2.24, 2.45) is 5.14 Å². The van der Waals surface area contributed by atoms with Crippen LogP contribution in [0.3, 0.4) is 0 Å². The molecule has 0 heterocycles. The number of amides is 1. The van der Waals surface area contributed by atoms with Gasteiger partial charge in [-0.1, -0.05) is 29.3 Å². The number of nitrogens with two attached hydrogens (primary N) is 1. The lowest BCUT2D eigenvalue weighted by Crippen LogP contribution is -2.16. The predicted molar refractivity (Wildman–Crippen MR) is 87.0 cm³/mol. The summed E-state index contributed by atoms with van der Waals surface area (Å²) in [5.41, 5.74) is 1.49. The molecule has 0 aliphatic carbocycles. The lowest BCUT2D eigenvalue weighted by Gasteiger charge is -2.08. The average molecular weight is 359 g/mol. The van der Waals surface area contributed by atoms with E-state index in [1.165, 1.54) is 12.1 Å². The van der Waals surface area contributed by atoms with Gasteiger partial charge in [0, 0.05) is 16.3 Å². The molecule has 8 heteroatoms. The van der Waals surface area contributed by atoms with E-state index in [1.54, 1.807) is 18.2 Å². The summed E-state index contributed by atoms with van der Waals surface area (Å²) in [4.78, 5) is 11.9. The van der Waals surface area contributed by atoms with Crippen LogP contribution in [0.2, 0.25) is 10.0 Å². The van der Waals surface area contributed by atoms with Crippen molar-refractivity contribution in [1.82, 2.24) is 0 Å². The second-order valence-corrected chi connectivity index (χ2v) is 6.95. The number of hydrogen-bond donors (Lipinski definition) is 2. The molecule has 2 rings (SSSR count). The van der Waals surface area contributed by atoms with E-state index in [9.17, 15) is 13.2 Å². The average Bonchev–Trinajstić information content (AvgIpc) is 2.42. The smallest absolute Gasteiger partial charge is 0.255 e. The van der Waals surface area contributed by atoms with E-state index >= 15 is 0 Å². The zero-order valence-corrected chi connectivity index (χ0v) is 13.8. The van der Waals surface area contributed by atoms with Gasteiger partial charge in [-0.3, -0.25) is 4.79 Å². The molecule has 116 valence electrons. The lowest BCUT2D eigenvalue weighted by atomic mass is 10.2. The Morgan fingerprint density at radius 3 is 2.36 bits per heavy atom. The first-order valence-corrected chi connectivity index (χ1v) is 8.38. The van der Waals surface area contributed by atoms with Crippen molar-refractivity contribution < 1.29 is 13.2 Å². The molecule has 0 radical (unpaired) electrons. The number of aryl methyl sites for hydroxylation is 1. The van der Waals surface area contributed by atoms with E-state index in [0.717, 1.165) is 11.6 Å². The van der Waals surface area contributed by atoms with Crippen LogP contribution in [0.1, 0.15) is 15.9 Å². The summed E-state index contributed by atoms with van der Waals surface area (Å²) in [6.45, 7) is 1.84. The van der Waals surface area contributed by atoms with Crippen molar-refractivity contribution >= 4 is 44.8 Å². The van der Waals surface area contributed by atoms with E-state index in [1.807, 2.05) is 6.92 Å². The minimum atomic E-state index is -4.01. The molecule has 0 spiro atoms. The minimum absolute atomic E-state index is 0.0440. The van der Waals surface area contributed by atoms with E-state index in [2.05, 4.69) is 5.32 Å². The van der Waals surface area contributed by atoms with Crippen molar-refractivity contribution in [2.45, 2.75) is 11.8 Å². The Balaban J connectivity index is 2.32. The van der Waals surface area contributed by atoms with Crippen LogP contribution in [0.4, 0.5) is 5.69 Å². The number of halogens is 2. The summed E-state index contributed by atoms with van der Waals surface area (Å²) in [6, 6.07) is 8.89. The van der Waals surface area contributed by atoms with Gasteiger partial charge in [0.15, 0.2) is 0 Å². The Bertz CT molecular complexity index is 851. The summed E-state index contributed by atoms with van der Waals surface area (Å²) in [5, 5.41) is 8.15. The summed E-state index contributed by atoms with van der Waals surface area (Å²) >= 11 is 11.8. The molecule has 0 saturated heterocycles. The molecule has 0 aromatic heterocycles. The Morgan fingerprint density at radius 1 is 1.09 bits per heavy atom. The SMILES string of the molecule is Cc1ccc(NC(=O)c2ccc(Cl)c(S(N)(=O)=O)c2)cc1Cl. The van der Waals surface area contributed by atoms with Crippen LogP contribution in [0.25, 0.3) is 0 Å². The van der Waals surface area contributed by atoms with Gasteiger partial charge in [0.05, 0.1) is 5.02 Å². The fraction of sp³-hybridized carbons (Fsp3) is 0.0714. The Morgan fingerprint density at radius 2 is 1.77 bits per heavy atom. The number of carbonyl (C=O) groups excluding carboxylic acids is 1. The van der Waals surface area contributed by atoms with Crippen LogP contribution in [-0.4, -0.2) is 14.3 Å². The molecule has 5 nitrogen and oxygen atoms in total. The first-order chi connectivity index (χ1) is 10.2. The van der Waals surface area contributed by atoms with Crippen molar-refractivity contribution in [3.63, 3.8) is 0 Å². The number of sulfonamides is 1. The number of anilines is 1. The molecule has 0 fully saturated rings. The molecule has 22 heavy (non-hydrogen) atoms. The number of hydrogen-bond acceptors (Lipinski definition) is 3. The van der Waals surface area contributed by atoms with Crippen molar-refractivity contribution in [3.8, 4) is 0 Å². The molecule has 0 aliphatic rings. The summed E-state index contributed by atoms with van der Waals surface area (Å²) < 4.78 is 22.8. The topological polar surface area (TPSA) is 89.3 Å². The van der Waals surface area contributed by atoms with E-state index in [-0.39, 0.29) is 15.5 Å². The summed E-state index contributed by atoms with van der Waals surface area (Å²) in [7, 11) is -4.01. The fourth-order valence-corrected chi connectivity index (χ4v) is 2.99. The molecule has 0 unspecified atom stereocenters. The van der Waals surface area contributed by atoms with Gasteiger partial charge >= 0.3 is 0 Å². The molecule has 3 N–H and O–H groups in total. The van der Waals surface area contributed by atoms with Crippen molar-refractivity contribution in [3.05, 3.63) is 57.6 Å². The number of rotatable bonds is 3. The highest BCUT2D eigenvalue weighted by Crippen LogP contribution is 2.23. The Hall–Kier alpha value is -1.60. The first kappa shape index (κ1) is 16.8. The highest BCUT2D eigenvalue weighted by Gasteiger charge is 2.16. The third-order valence-corrected chi connectivity index (χ3v) is 4.73. The van der Waals surface area contributed by atoms with Gasteiger partial charge in [-0.15, -0.1) is 0 Å². The maximum atomic E-state index is 12.2. The highest BCUT2D eigenvalue weighted by molar-refractivity contribution is 7.89. The number of primary sulfonamides is 1. The Labute approximate surface area is 138 Å². The van der Waals surface area contributed by atoms with E-state index in [4.69, 9.17) is 28.3 Å². The van der Waals surface area contributed by atoms with Gasteiger partial charge < -0.3 is 5.32 Å². The van der Waals surface area contributed by atoms with Gasteiger partial charge in [-0.25, -0.2) is 13.6 Å². The van der Waals surface area contributed by atoms with Gasteiger partial charge in [-0.05, 0) is 42.8 Å². The fourth-order valence-electron chi connectivity index (χ4n) is 1.74. The second kappa shape index (κ2) is 6.26. The van der Waals surface area contributed by atoms with Gasteiger partial charge in [-0.2, -0.15) is 0 Å². The van der Waals surface area contributed by atoms with Crippen LogP contribution in [0.5, 0.6) is 0 Å². The van der Waals surface area contributed by atoms with Crippen LogP contribution < -0.4 is 10.5 Å². The van der Waals surface area contributed by atoms with Gasteiger partial charge in [0.25, 0.3) is 5.91 Å². The predicted octanol–water partition coefficient (Wildman–Crippen LogP) is 3.20. The molecular formula is C14H12Cl2N2O3S. The molecule has 0 saturated carbocycles. The lowest BCUT2D eigenvalue weighted by molar-refractivity contribution is 0.102. The van der Waals surface area contributed by atoms with Gasteiger partial charge in [0.2, 0.25) is 10.0 Å². The highest BCUT2D eigenvalue weighted by atomic mass is 35.5. The molecule has 0 atom stereocenters. The van der Waals surface area contributed by atoms with Crippen LogP contribution in [-0.2, 0) is 10.0 Å². The molecule has 0 aliphatic heterocycles. The first-order valence-electron chi connectivity index (χ1n) is 6.08. The summed E-state index contributed by atoms with van der Waals surface area (Å²) in [5.74, 6) is -0.499. The number of nitrogens with one attached hydrogen (secondary N) is 1. The third kappa shape index (κ3) is 3.78. The van der Waals surface area contributed by atoms with E-state index in [0.29, 0.717) is 10.7 Å². The van der Waals surface area contributed by atoms with Crippen LogP contribution in [0.15, 0.2) is 41.3 Å². The monoisotopic (exact) mass is 358 g/mol. The van der Waals surface area contributed by atoms with E-state index < -0.39 is 15.9 Å². The summed E-state index contributed by atoms with van der Waals surface area (Å²) in [6.07, 6.45) is 0. The van der Waals surface area contributed by atoms with Gasteiger partial charge in [0.1, 0.15) is 4.90 Å². The molecule has 1 amide bonds. The zero-order valence-electron chi connectivity index (χ0n) is 11.4. The minimum Gasteiger partial charge on any atom is -0.322 e. The Kier molecular flexibility index (Phi) is 4.77. The second-order valence-electron chi connectivity index (χ2n) is 4.61. The number of carbonyl (C=O) groups is 1. The molecule has 2 aromatic rings. The van der Waals surface area contributed by atoms with Crippen molar-refractivity contribution in [1.29, 1.82) is 0 Å². The van der Waals surface area contributed by atoms with Crippen LogP contribution >= 0.6 is 23.2 Å². The largest absolute Gasteiger partial charge is 0.322 e. The maximum absolute atomic E-state index is 12.2. The molecule has 2 aromatic carbocycles. The van der Waals surface area contributed by atoms with Crippen molar-refractivity contribution in [2.75, 3.05) is 5.32 Å². The van der Waals surface area contributed by atoms with Crippen LogP contribution in [0, 0.1) is 6.92 Å². The molecule has 0 bridgehead atoms. The third-order valence-electron chi connectivity index (χ3n) is 2.93. The normalized spacial score (nSPS) is 11.3. The number of benzene rings is 2. The zero-order chi connectivity index (χ0) is 16.5. The molecular weight excluding hydrogens is 347 g/mol.